The first-order valence-corrected chi connectivity index (χ1v) is 6.04. The Bertz CT molecular complexity index is 572. The highest BCUT2D eigenvalue weighted by Crippen LogP contribution is 2.33. The van der Waals surface area contributed by atoms with Gasteiger partial charge in [0, 0.05) is 11.6 Å². The van der Waals surface area contributed by atoms with Crippen LogP contribution >= 0.6 is 27.3 Å². The molecule has 0 aliphatic carbocycles. The van der Waals surface area contributed by atoms with Crippen LogP contribution in [0.4, 0.5) is 5.69 Å². The van der Waals surface area contributed by atoms with Crippen molar-refractivity contribution in [2.24, 2.45) is 0 Å². The molecule has 8 heteroatoms. The number of benzene rings is 1. The largest absolute Gasteiger partial charge is 0.490 e. The summed E-state index contributed by atoms with van der Waals surface area (Å²) in [7, 11) is 1.39. The molecule has 17 heavy (non-hydrogen) atoms. The summed E-state index contributed by atoms with van der Waals surface area (Å²) in [5, 5.41) is 19.1. The molecule has 0 unspecified atom stereocenters. The lowest BCUT2D eigenvalue weighted by molar-refractivity contribution is -0.385. The molecule has 88 valence electrons. The van der Waals surface area contributed by atoms with Crippen LogP contribution in [0.3, 0.4) is 0 Å². The fourth-order valence-corrected chi connectivity index (χ4v) is 2.39. The Balaban J connectivity index is 2.48. The molecule has 0 spiro atoms. The predicted molar refractivity (Wildman–Crippen MR) is 66.3 cm³/mol. The molecule has 0 atom stereocenters. The van der Waals surface area contributed by atoms with E-state index in [9.17, 15) is 10.1 Å². The van der Waals surface area contributed by atoms with E-state index in [0.29, 0.717) is 8.92 Å². The maximum absolute atomic E-state index is 10.7. The summed E-state index contributed by atoms with van der Waals surface area (Å²) >= 11 is 4.55. The summed E-state index contributed by atoms with van der Waals surface area (Å²) in [6.07, 6.45) is 0. The molecule has 0 radical (unpaired) electrons. The molecule has 0 fully saturated rings. The zero-order valence-electron chi connectivity index (χ0n) is 8.58. The van der Waals surface area contributed by atoms with Gasteiger partial charge in [0.05, 0.1) is 12.0 Å². The average molecular weight is 316 g/mol. The van der Waals surface area contributed by atoms with Crippen molar-refractivity contribution in [3.05, 3.63) is 32.2 Å². The summed E-state index contributed by atoms with van der Waals surface area (Å²) in [4.78, 5) is 10.2. The minimum Gasteiger partial charge on any atom is -0.490 e. The van der Waals surface area contributed by atoms with Gasteiger partial charge in [-0.25, -0.2) is 0 Å². The van der Waals surface area contributed by atoms with E-state index in [1.54, 1.807) is 12.1 Å². The lowest BCUT2D eigenvalue weighted by Gasteiger charge is -2.02. The number of aromatic nitrogens is 2. The van der Waals surface area contributed by atoms with Gasteiger partial charge in [0.2, 0.25) is 0 Å². The summed E-state index contributed by atoms with van der Waals surface area (Å²) < 4.78 is 5.64. The number of nitro groups is 1. The van der Waals surface area contributed by atoms with Crippen LogP contribution in [0, 0.1) is 10.1 Å². The summed E-state index contributed by atoms with van der Waals surface area (Å²) in [5.74, 6) is 0.207. The number of hydrogen-bond acceptors (Lipinski definition) is 6. The molecule has 0 N–H and O–H groups in total. The average Bonchev–Trinajstić information content (AvgIpc) is 2.75. The lowest BCUT2D eigenvalue weighted by Crippen LogP contribution is -1.93. The van der Waals surface area contributed by atoms with E-state index in [-0.39, 0.29) is 11.4 Å². The molecule has 1 heterocycles. The van der Waals surface area contributed by atoms with Crippen molar-refractivity contribution >= 4 is 33.0 Å². The normalized spacial score (nSPS) is 10.2. The Morgan fingerprint density at radius 1 is 1.47 bits per heavy atom. The molecule has 6 nitrogen and oxygen atoms in total. The number of nitro benzene ring substituents is 1. The van der Waals surface area contributed by atoms with E-state index in [0.717, 1.165) is 5.56 Å². The first-order chi connectivity index (χ1) is 8.11. The Labute approximate surface area is 109 Å². The molecule has 0 saturated heterocycles. The van der Waals surface area contributed by atoms with Gasteiger partial charge in [-0.2, -0.15) is 0 Å². The number of hydrogen-bond donors (Lipinski definition) is 0. The second-order valence-corrected chi connectivity index (χ2v) is 5.26. The van der Waals surface area contributed by atoms with Crippen LogP contribution < -0.4 is 4.74 Å². The monoisotopic (exact) mass is 315 g/mol. The molecular formula is C9H6BrN3O3S. The predicted octanol–water partition coefficient (Wildman–Crippen LogP) is 2.88. The Hall–Kier alpha value is -1.54. The molecular weight excluding hydrogens is 310 g/mol. The van der Waals surface area contributed by atoms with Crippen LogP contribution in [-0.4, -0.2) is 22.2 Å². The first-order valence-electron chi connectivity index (χ1n) is 4.43. The van der Waals surface area contributed by atoms with Crippen molar-refractivity contribution in [1.29, 1.82) is 0 Å². The number of rotatable bonds is 3. The van der Waals surface area contributed by atoms with Crippen molar-refractivity contribution in [3.63, 3.8) is 0 Å². The minimum absolute atomic E-state index is 0.0696. The summed E-state index contributed by atoms with van der Waals surface area (Å²) in [6.45, 7) is 0. The lowest BCUT2D eigenvalue weighted by atomic mass is 10.2. The number of halogens is 1. The molecule has 0 aliphatic heterocycles. The van der Waals surface area contributed by atoms with E-state index < -0.39 is 4.92 Å². The van der Waals surface area contributed by atoms with Gasteiger partial charge in [-0.05, 0) is 28.1 Å². The second-order valence-electron chi connectivity index (χ2n) is 3.00. The number of ether oxygens (including phenoxy) is 1. The highest BCUT2D eigenvalue weighted by atomic mass is 79.9. The highest BCUT2D eigenvalue weighted by Gasteiger charge is 2.16. The van der Waals surface area contributed by atoms with Gasteiger partial charge in [-0.1, -0.05) is 11.3 Å². The molecule has 1 aromatic heterocycles. The zero-order valence-corrected chi connectivity index (χ0v) is 11.0. The Morgan fingerprint density at radius 3 is 2.76 bits per heavy atom. The van der Waals surface area contributed by atoms with E-state index in [1.165, 1.54) is 24.5 Å². The third-order valence-corrected chi connectivity index (χ3v) is 3.43. The smallest absolute Gasteiger partial charge is 0.310 e. The van der Waals surface area contributed by atoms with Gasteiger partial charge in [-0.15, -0.1) is 10.2 Å². The van der Waals surface area contributed by atoms with E-state index in [4.69, 9.17) is 4.74 Å². The first kappa shape index (κ1) is 11.9. The maximum atomic E-state index is 10.7. The van der Waals surface area contributed by atoms with Crippen molar-refractivity contribution in [2.75, 3.05) is 7.11 Å². The zero-order chi connectivity index (χ0) is 12.4. The Kier molecular flexibility index (Phi) is 3.34. The topological polar surface area (TPSA) is 78.2 Å². The SMILES string of the molecule is COc1cc(-c2nnc(Br)s2)ccc1[N+](=O)[O-]. The Morgan fingerprint density at radius 2 is 2.24 bits per heavy atom. The van der Waals surface area contributed by atoms with Gasteiger partial charge < -0.3 is 4.74 Å². The molecule has 0 saturated carbocycles. The highest BCUT2D eigenvalue weighted by molar-refractivity contribution is 9.11. The van der Waals surface area contributed by atoms with E-state index >= 15 is 0 Å². The molecule has 0 amide bonds. The van der Waals surface area contributed by atoms with E-state index in [1.807, 2.05) is 0 Å². The van der Waals surface area contributed by atoms with Gasteiger partial charge in [-0.3, -0.25) is 10.1 Å². The van der Waals surface area contributed by atoms with Crippen LogP contribution in [0.25, 0.3) is 10.6 Å². The van der Waals surface area contributed by atoms with Crippen LogP contribution in [-0.2, 0) is 0 Å². The molecule has 0 bridgehead atoms. The maximum Gasteiger partial charge on any atom is 0.310 e. The molecule has 0 aliphatic rings. The third kappa shape index (κ3) is 2.42. The molecule has 2 rings (SSSR count). The minimum atomic E-state index is -0.487. The van der Waals surface area contributed by atoms with Gasteiger partial charge in [0.1, 0.15) is 5.01 Å². The van der Waals surface area contributed by atoms with Gasteiger partial charge in [0.15, 0.2) is 9.67 Å². The van der Waals surface area contributed by atoms with Crippen LogP contribution in [0.5, 0.6) is 5.75 Å². The third-order valence-electron chi connectivity index (χ3n) is 2.02. The van der Waals surface area contributed by atoms with Crippen LogP contribution in [0.15, 0.2) is 22.1 Å². The van der Waals surface area contributed by atoms with Crippen LogP contribution in [0.1, 0.15) is 0 Å². The fourth-order valence-electron chi connectivity index (χ4n) is 1.28. The summed E-state index contributed by atoms with van der Waals surface area (Å²) in [5.41, 5.74) is 0.662. The van der Waals surface area contributed by atoms with Crippen molar-refractivity contribution < 1.29 is 9.66 Å². The quantitative estimate of drug-likeness (QED) is 0.642. The van der Waals surface area contributed by atoms with Gasteiger partial charge >= 0.3 is 5.69 Å². The second kappa shape index (κ2) is 4.76. The number of nitrogens with zero attached hydrogens (tertiary/aromatic N) is 3. The van der Waals surface area contributed by atoms with Crippen molar-refractivity contribution in [2.45, 2.75) is 0 Å². The standard InChI is InChI=1S/C9H6BrN3O3S/c1-16-7-4-5(2-3-6(7)13(14)15)8-11-12-9(10)17-8/h2-4H,1H3. The van der Waals surface area contributed by atoms with Crippen molar-refractivity contribution in [1.82, 2.24) is 10.2 Å². The van der Waals surface area contributed by atoms with Gasteiger partial charge in [0.25, 0.3) is 0 Å². The number of methoxy groups -OCH3 is 1. The fraction of sp³-hybridized carbons (Fsp3) is 0.111. The molecule has 1 aromatic carbocycles. The molecule has 2 aromatic rings. The summed E-state index contributed by atoms with van der Waals surface area (Å²) in [6, 6.07) is 4.59. The van der Waals surface area contributed by atoms with Crippen LogP contribution in [0.2, 0.25) is 0 Å². The van der Waals surface area contributed by atoms with E-state index in [2.05, 4.69) is 26.1 Å². The van der Waals surface area contributed by atoms with Crippen molar-refractivity contribution in [3.8, 4) is 16.3 Å².